The summed E-state index contributed by atoms with van der Waals surface area (Å²) in [4.78, 5) is 0. The number of hydrogen-bond acceptors (Lipinski definition) is 3. The topological polar surface area (TPSA) is 55.5 Å². The summed E-state index contributed by atoms with van der Waals surface area (Å²) >= 11 is 5.90. The molecule has 3 N–H and O–H groups in total. The van der Waals surface area contributed by atoms with Crippen LogP contribution in [0.1, 0.15) is 11.1 Å². The van der Waals surface area contributed by atoms with Gasteiger partial charge in [-0.15, -0.1) is 0 Å². The molecule has 3 nitrogen and oxygen atoms in total. The summed E-state index contributed by atoms with van der Waals surface area (Å²) in [6.45, 7) is 0.501. The van der Waals surface area contributed by atoms with E-state index in [1.165, 1.54) is 0 Å². The molecule has 0 heterocycles. The maximum Gasteiger partial charge on any atom is 0.121 e. The van der Waals surface area contributed by atoms with Crippen molar-refractivity contribution in [3.8, 4) is 5.75 Å². The van der Waals surface area contributed by atoms with Gasteiger partial charge in [-0.2, -0.15) is 0 Å². The van der Waals surface area contributed by atoms with Crippen LogP contribution in [0.15, 0.2) is 42.5 Å². The van der Waals surface area contributed by atoms with Gasteiger partial charge in [0.25, 0.3) is 0 Å². The molecule has 0 aromatic heterocycles. The van der Waals surface area contributed by atoms with E-state index in [1.54, 1.807) is 18.2 Å². The fraction of sp³-hybridized carbons (Fsp3) is 0.143. The molecule has 4 heteroatoms. The fourth-order valence-electron chi connectivity index (χ4n) is 1.51. The minimum Gasteiger partial charge on any atom is -0.489 e. The first-order valence-electron chi connectivity index (χ1n) is 5.55. The Bertz CT molecular complexity index is 526. The molecule has 0 saturated heterocycles. The minimum absolute atomic E-state index is 0.0503. The predicted octanol–water partition coefficient (Wildman–Crippen LogP) is 2.99. The maximum absolute atomic E-state index is 8.94. The summed E-state index contributed by atoms with van der Waals surface area (Å²) in [5.41, 5.74) is 8.07. The molecule has 0 amide bonds. The van der Waals surface area contributed by atoms with Crippen molar-refractivity contribution in [1.29, 1.82) is 0 Å². The molecule has 0 atom stereocenters. The summed E-state index contributed by atoms with van der Waals surface area (Å²) in [5.74, 6) is 0.681. The van der Waals surface area contributed by atoms with Crippen LogP contribution in [0.5, 0.6) is 5.75 Å². The van der Waals surface area contributed by atoms with Crippen molar-refractivity contribution in [2.45, 2.75) is 13.2 Å². The first-order valence-corrected chi connectivity index (χ1v) is 5.93. The number of aliphatic hydroxyl groups is 1. The van der Waals surface area contributed by atoms with Crippen molar-refractivity contribution in [3.05, 3.63) is 58.6 Å². The Morgan fingerprint density at radius 2 is 1.72 bits per heavy atom. The third kappa shape index (κ3) is 3.15. The van der Waals surface area contributed by atoms with Crippen molar-refractivity contribution in [2.24, 2.45) is 0 Å². The third-order valence-corrected chi connectivity index (χ3v) is 2.91. The third-order valence-electron chi connectivity index (χ3n) is 2.58. The predicted molar refractivity (Wildman–Crippen MR) is 72.6 cm³/mol. The second kappa shape index (κ2) is 5.76. The molecule has 0 bridgehead atoms. The second-order valence-corrected chi connectivity index (χ2v) is 4.35. The number of rotatable bonds is 4. The normalized spacial score (nSPS) is 10.3. The lowest BCUT2D eigenvalue weighted by atomic mass is 10.1. The van der Waals surface area contributed by atoms with Crippen LogP contribution in [-0.2, 0) is 13.2 Å². The van der Waals surface area contributed by atoms with Crippen LogP contribution in [-0.4, -0.2) is 5.11 Å². The number of nitrogen functional groups attached to an aromatic ring is 1. The summed E-state index contributed by atoms with van der Waals surface area (Å²) < 4.78 is 5.60. The van der Waals surface area contributed by atoms with Crippen LogP contribution in [0.4, 0.5) is 5.69 Å². The molecule has 0 spiro atoms. The van der Waals surface area contributed by atoms with Gasteiger partial charge in [-0.3, -0.25) is 0 Å². The van der Waals surface area contributed by atoms with Crippen molar-refractivity contribution >= 4 is 17.3 Å². The van der Waals surface area contributed by atoms with E-state index >= 15 is 0 Å². The van der Waals surface area contributed by atoms with E-state index in [9.17, 15) is 0 Å². The Morgan fingerprint density at radius 3 is 2.33 bits per heavy atom. The minimum atomic E-state index is 0.0503. The molecule has 0 aliphatic carbocycles. The molecule has 94 valence electrons. The van der Waals surface area contributed by atoms with Gasteiger partial charge < -0.3 is 15.6 Å². The number of anilines is 1. The van der Waals surface area contributed by atoms with Crippen LogP contribution < -0.4 is 10.5 Å². The van der Waals surface area contributed by atoms with E-state index in [2.05, 4.69) is 0 Å². The Morgan fingerprint density at radius 1 is 1.06 bits per heavy atom. The van der Waals surface area contributed by atoms with E-state index in [0.717, 1.165) is 11.1 Å². The van der Waals surface area contributed by atoms with Gasteiger partial charge in [0.1, 0.15) is 12.4 Å². The highest BCUT2D eigenvalue weighted by Gasteiger charge is 2.00. The highest BCUT2D eigenvalue weighted by molar-refractivity contribution is 6.33. The molecular weight excluding hydrogens is 250 g/mol. The average molecular weight is 264 g/mol. The van der Waals surface area contributed by atoms with E-state index in [4.69, 9.17) is 27.2 Å². The van der Waals surface area contributed by atoms with Gasteiger partial charge in [0, 0.05) is 6.07 Å². The first-order chi connectivity index (χ1) is 8.69. The quantitative estimate of drug-likeness (QED) is 0.834. The lowest BCUT2D eigenvalue weighted by molar-refractivity contribution is 0.281. The number of halogens is 1. The van der Waals surface area contributed by atoms with Gasteiger partial charge in [0.2, 0.25) is 0 Å². The molecule has 0 radical (unpaired) electrons. The Hall–Kier alpha value is -1.71. The zero-order chi connectivity index (χ0) is 13.0. The molecule has 0 saturated carbocycles. The lowest BCUT2D eigenvalue weighted by Gasteiger charge is -2.08. The second-order valence-electron chi connectivity index (χ2n) is 3.95. The van der Waals surface area contributed by atoms with Gasteiger partial charge in [0.05, 0.1) is 17.3 Å². The van der Waals surface area contributed by atoms with Crippen LogP contribution in [0.25, 0.3) is 0 Å². The van der Waals surface area contributed by atoms with Crippen molar-refractivity contribution in [3.63, 3.8) is 0 Å². The molecule has 2 aromatic rings. The van der Waals surface area contributed by atoms with Gasteiger partial charge >= 0.3 is 0 Å². The molecule has 2 rings (SSSR count). The number of ether oxygens (including phenoxy) is 1. The summed E-state index contributed by atoms with van der Waals surface area (Å²) in [5, 5.41) is 9.42. The SMILES string of the molecule is Nc1ccc(OCc2ccc(CO)cc2)cc1Cl. The highest BCUT2D eigenvalue weighted by atomic mass is 35.5. The molecular formula is C14H14ClNO2. The van der Waals surface area contributed by atoms with E-state index in [1.807, 2.05) is 24.3 Å². The van der Waals surface area contributed by atoms with Crippen LogP contribution >= 0.6 is 11.6 Å². The monoisotopic (exact) mass is 263 g/mol. The van der Waals surface area contributed by atoms with Crippen molar-refractivity contribution in [1.82, 2.24) is 0 Å². The standard InChI is InChI=1S/C14H14ClNO2/c15-13-7-12(5-6-14(13)16)18-9-11-3-1-10(8-17)2-4-11/h1-7,17H,8-9,16H2. The molecule has 0 aliphatic rings. The Labute approximate surface area is 111 Å². The summed E-state index contributed by atoms with van der Waals surface area (Å²) in [7, 11) is 0. The Balaban J connectivity index is 1.99. The number of aliphatic hydroxyl groups excluding tert-OH is 1. The summed E-state index contributed by atoms with van der Waals surface area (Å²) in [6.07, 6.45) is 0. The molecule has 18 heavy (non-hydrogen) atoms. The van der Waals surface area contributed by atoms with Crippen LogP contribution in [0, 0.1) is 0 Å². The molecule has 2 aromatic carbocycles. The van der Waals surface area contributed by atoms with Gasteiger partial charge in [-0.05, 0) is 23.3 Å². The van der Waals surface area contributed by atoms with E-state index in [-0.39, 0.29) is 6.61 Å². The average Bonchev–Trinajstić information content (AvgIpc) is 2.41. The first kappa shape index (κ1) is 12.7. The maximum atomic E-state index is 8.94. The zero-order valence-electron chi connectivity index (χ0n) is 9.77. The Kier molecular flexibility index (Phi) is 4.07. The van der Waals surface area contributed by atoms with E-state index < -0.39 is 0 Å². The number of benzene rings is 2. The van der Waals surface area contributed by atoms with Gasteiger partial charge in [0.15, 0.2) is 0 Å². The molecule has 0 fully saturated rings. The number of nitrogens with two attached hydrogens (primary N) is 1. The largest absolute Gasteiger partial charge is 0.489 e. The van der Waals surface area contributed by atoms with Gasteiger partial charge in [-0.25, -0.2) is 0 Å². The fourth-order valence-corrected chi connectivity index (χ4v) is 1.68. The van der Waals surface area contributed by atoms with Crippen LogP contribution in [0.3, 0.4) is 0 Å². The number of hydrogen-bond donors (Lipinski definition) is 2. The zero-order valence-corrected chi connectivity index (χ0v) is 10.5. The lowest BCUT2D eigenvalue weighted by Crippen LogP contribution is -1.96. The molecule has 0 unspecified atom stereocenters. The van der Waals surface area contributed by atoms with Crippen molar-refractivity contribution < 1.29 is 9.84 Å². The van der Waals surface area contributed by atoms with Crippen molar-refractivity contribution in [2.75, 3.05) is 5.73 Å². The van der Waals surface area contributed by atoms with E-state index in [0.29, 0.717) is 23.1 Å². The van der Waals surface area contributed by atoms with Gasteiger partial charge in [-0.1, -0.05) is 35.9 Å². The van der Waals surface area contributed by atoms with Crippen LogP contribution in [0.2, 0.25) is 5.02 Å². The molecule has 0 aliphatic heterocycles. The smallest absolute Gasteiger partial charge is 0.121 e. The highest BCUT2D eigenvalue weighted by Crippen LogP contribution is 2.24. The summed E-state index contributed by atoms with van der Waals surface area (Å²) in [6, 6.07) is 12.8.